The SMILES string of the molecule is O=C(NCC1CCN(Cc2ccccc2)CC1)N1CCc2ccccc2C1. The van der Waals surface area contributed by atoms with Crippen LogP contribution in [0.1, 0.15) is 29.5 Å². The average Bonchev–Trinajstić information content (AvgIpc) is 2.73. The lowest BCUT2D eigenvalue weighted by Gasteiger charge is -2.33. The molecule has 0 unspecified atom stereocenters. The number of nitrogens with zero attached hydrogens (tertiary/aromatic N) is 2. The normalized spacial score (nSPS) is 18.1. The Morgan fingerprint density at radius 3 is 2.41 bits per heavy atom. The van der Waals surface area contributed by atoms with Crippen LogP contribution in [0.15, 0.2) is 54.6 Å². The first-order valence-corrected chi connectivity index (χ1v) is 10.1. The highest BCUT2D eigenvalue weighted by atomic mass is 16.2. The first kappa shape index (κ1) is 18.1. The number of hydrogen-bond acceptors (Lipinski definition) is 2. The number of nitrogens with one attached hydrogen (secondary N) is 1. The van der Waals surface area contributed by atoms with Gasteiger partial charge in [-0.3, -0.25) is 4.90 Å². The van der Waals surface area contributed by atoms with E-state index < -0.39 is 0 Å². The first-order chi connectivity index (χ1) is 13.3. The Kier molecular flexibility index (Phi) is 5.73. The lowest BCUT2D eigenvalue weighted by atomic mass is 9.96. The predicted octanol–water partition coefficient (Wildman–Crippen LogP) is 3.67. The molecule has 0 spiro atoms. The van der Waals surface area contributed by atoms with Crippen molar-refractivity contribution in [2.75, 3.05) is 26.2 Å². The summed E-state index contributed by atoms with van der Waals surface area (Å²) in [5.41, 5.74) is 4.05. The molecule has 1 N–H and O–H groups in total. The van der Waals surface area contributed by atoms with E-state index in [0.717, 1.165) is 58.5 Å². The van der Waals surface area contributed by atoms with E-state index in [9.17, 15) is 4.79 Å². The van der Waals surface area contributed by atoms with Gasteiger partial charge in [0.2, 0.25) is 0 Å². The van der Waals surface area contributed by atoms with Crippen LogP contribution < -0.4 is 5.32 Å². The number of fused-ring (bicyclic) bond motifs is 1. The van der Waals surface area contributed by atoms with Crippen molar-refractivity contribution in [3.8, 4) is 0 Å². The van der Waals surface area contributed by atoms with Crippen molar-refractivity contribution >= 4 is 6.03 Å². The maximum absolute atomic E-state index is 12.6. The smallest absolute Gasteiger partial charge is 0.317 e. The molecular weight excluding hydrogens is 334 g/mol. The maximum atomic E-state index is 12.6. The van der Waals surface area contributed by atoms with E-state index in [4.69, 9.17) is 0 Å². The van der Waals surface area contributed by atoms with Gasteiger partial charge >= 0.3 is 6.03 Å². The standard InChI is InChI=1S/C23H29N3O/c27-23(26-15-12-21-8-4-5-9-22(21)18-26)24-16-19-10-13-25(14-11-19)17-20-6-2-1-3-7-20/h1-9,19H,10-18H2,(H,24,27). The molecule has 4 nitrogen and oxygen atoms in total. The van der Waals surface area contributed by atoms with E-state index in [2.05, 4.69) is 64.8 Å². The van der Waals surface area contributed by atoms with Crippen molar-refractivity contribution < 1.29 is 4.79 Å². The zero-order chi connectivity index (χ0) is 18.5. The number of likely N-dealkylation sites (tertiary alicyclic amines) is 1. The van der Waals surface area contributed by atoms with Gasteiger partial charge in [0.25, 0.3) is 0 Å². The Bertz CT molecular complexity index is 753. The van der Waals surface area contributed by atoms with E-state index in [1.807, 2.05) is 4.90 Å². The molecule has 2 amide bonds. The number of amides is 2. The quantitative estimate of drug-likeness (QED) is 0.900. The molecule has 2 aromatic rings. The molecule has 27 heavy (non-hydrogen) atoms. The third-order valence-corrected chi connectivity index (χ3v) is 5.92. The summed E-state index contributed by atoms with van der Waals surface area (Å²) < 4.78 is 0. The van der Waals surface area contributed by atoms with Crippen molar-refractivity contribution in [3.05, 3.63) is 71.3 Å². The van der Waals surface area contributed by atoms with E-state index in [0.29, 0.717) is 5.92 Å². The molecule has 0 aromatic heterocycles. The third-order valence-electron chi connectivity index (χ3n) is 5.92. The molecule has 142 valence electrons. The van der Waals surface area contributed by atoms with Gasteiger partial charge in [-0.25, -0.2) is 4.79 Å². The lowest BCUT2D eigenvalue weighted by Crippen LogP contribution is -2.45. The molecule has 0 radical (unpaired) electrons. The van der Waals surface area contributed by atoms with Crippen LogP contribution in [-0.4, -0.2) is 42.0 Å². The zero-order valence-electron chi connectivity index (χ0n) is 15.9. The highest BCUT2D eigenvalue weighted by Crippen LogP contribution is 2.20. The van der Waals surface area contributed by atoms with Gasteiger partial charge in [-0.05, 0) is 55.0 Å². The molecule has 0 atom stereocenters. The summed E-state index contributed by atoms with van der Waals surface area (Å²) in [6.07, 6.45) is 3.29. The van der Waals surface area contributed by atoms with Gasteiger partial charge in [0, 0.05) is 26.2 Å². The van der Waals surface area contributed by atoms with Gasteiger partial charge < -0.3 is 10.2 Å². The number of urea groups is 1. The number of rotatable bonds is 4. The number of hydrogen-bond donors (Lipinski definition) is 1. The second-order valence-electron chi connectivity index (χ2n) is 7.83. The highest BCUT2D eigenvalue weighted by molar-refractivity contribution is 5.74. The first-order valence-electron chi connectivity index (χ1n) is 10.1. The molecule has 0 saturated carbocycles. The second kappa shape index (κ2) is 8.57. The molecular formula is C23H29N3O. The zero-order valence-corrected chi connectivity index (χ0v) is 15.9. The third kappa shape index (κ3) is 4.69. The number of carbonyl (C=O) groups is 1. The minimum Gasteiger partial charge on any atom is -0.338 e. The second-order valence-corrected chi connectivity index (χ2v) is 7.83. The topological polar surface area (TPSA) is 35.6 Å². The molecule has 2 heterocycles. The van der Waals surface area contributed by atoms with E-state index in [-0.39, 0.29) is 6.03 Å². The van der Waals surface area contributed by atoms with Crippen LogP contribution in [0.3, 0.4) is 0 Å². The molecule has 4 rings (SSSR count). The maximum Gasteiger partial charge on any atom is 0.317 e. The van der Waals surface area contributed by atoms with Gasteiger partial charge in [-0.1, -0.05) is 54.6 Å². The van der Waals surface area contributed by atoms with Crippen LogP contribution in [0.25, 0.3) is 0 Å². The van der Waals surface area contributed by atoms with Crippen molar-refractivity contribution in [2.24, 2.45) is 5.92 Å². The largest absolute Gasteiger partial charge is 0.338 e. The van der Waals surface area contributed by atoms with E-state index >= 15 is 0 Å². The minimum atomic E-state index is 0.0937. The van der Waals surface area contributed by atoms with Gasteiger partial charge in [-0.2, -0.15) is 0 Å². The van der Waals surface area contributed by atoms with Gasteiger partial charge in [-0.15, -0.1) is 0 Å². The minimum absolute atomic E-state index is 0.0937. The molecule has 0 aliphatic carbocycles. The summed E-state index contributed by atoms with van der Waals surface area (Å²) in [5.74, 6) is 0.595. The summed E-state index contributed by atoms with van der Waals surface area (Å²) in [6, 6.07) is 19.2. The van der Waals surface area contributed by atoms with Crippen molar-refractivity contribution in [3.63, 3.8) is 0 Å². The van der Waals surface area contributed by atoms with Gasteiger partial charge in [0.05, 0.1) is 0 Å². The van der Waals surface area contributed by atoms with Gasteiger partial charge in [0.15, 0.2) is 0 Å². The fourth-order valence-corrected chi connectivity index (χ4v) is 4.20. The van der Waals surface area contributed by atoms with Crippen LogP contribution in [0.4, 0.5) is 4.79 Å². The molecule has 1 saturated heterocycles. The summed E-state index contributed by atoms with van der Waals surface area (Å²) in [4.78, 5) is 17.0. The molecule has 2 aromatic carbocycles. The Morgan fingerprint density at radius 1 is 0.926 bits per heavy atom. The van der Waals surface area contributed by atoms with E-state index in [1.54, 1.807) is 0 Å². The number of piperidine rings is 1. The molecule has 0 bridgehead atoms. The van der Waals surface area contributed by atoms with Crippen molar-refractivity contribution in [1.82, 2.24) is 15.1 Å². The Labute approximate surface area is 162 Å². The van der Waals surface area contributed by atoms with Gasteiger partial charge in [0.1, 0.15) is 0 Å². The monoisotopic (exact) mass is 363 g/mol. The number of carbonyl (C=O) groups excluding carboxylic acids is 1. The van der Waals surface area contributed by atoms with Crippen LogP contribution in [0.2, 0.25) is 0 Å². The number of benzene rings is 2. The summed E-state index contributed by atoms with van der Waals surface area (Å²) >= 11 is 0. The molecule has 4 heteroatoms. The summed E-state index contributed by atoms with van der Waals surface area (Å²) in [5, 5.41) is 3.19. The average molecular weight is 364 g/mol. The summed E-state index contributed by atoms with van der Waals surface area (Å²) in [7, 11) is 0. The van der Waals surface area contributed by atoms with Crippen LogP contribution >= 0.6 is 0 Å². The van der Waals surface area contributed by atoms with Crippen LogP contribution in [-0.2, 0) is 19.5 Å². The Morgan fingerprint density at radius 2 is 1.63 bits per heavy atom. The fraction of sp³-hybridized carbons (Fsp3) is 0.435. The van der Waals surface area contributed by atoms with Crippen molar-refractivity contribution in [2.45, 2.75) is 32.4 Å². The van der Waals surface area contributed by atoms with E-state index in [1.165, 1.54) is 16.7 Å². The molecule has 1 fully saturated rings. The fourth-order valence-electron chi connectivity index (χ4n) is 4.20. The summed E-state index contributed by atoms with van der Waals surface area (Å²) in [6.45, 7) is 5.62. The Hall–Kier alpha value is -2.33. The van der Waals surface area contributed by atoms with Crippen molar-refractivity contribution in [1.29, 1.82) is 0 Å². The predicted molar refractivity (Wildman–Crippen MR) is 108 cm³/mol. The Balaban J connectivity index is 1.19. The molecule has 2 aliphatic rings. The molecule has 2 aliphatic heterocycles. The van der Waals surface area contributed by atoms with Crippen LogP contribution in [0, 0.1) is 5.92 Å². The highest BCUT2D eigenvalue weighted by Gasteiger charge is 2.23. The van der Waals surface area contributed by atoms with Crippen LogP contribution in [0.5, 0.6) is 0 Å². The lowest BCUT2D eigenvalue weighted by molar-refractivity contribution is 0.166.